The molecule has 10 nitrogen and oxygen atoms in total. The average Bonchev–Trinajstić information content (AvgIpc) is 2.97. The Bertz CT molecular complexity index is 953. The van der Waals surface area contributed by atoms with Crippen LogP contribution in [0.2, 0.25) is 0 Å². The normalized spacial score (nSPS) is 16.4. The summed E-state index contributed by atoms with van der Waals surface area (Å²) in [7, 11) is 1.37. The van der Waals surface area contributed by atoms with E-state index in [0.717, 1.165) is 11.1 Å². The van der Waals surface area contributed by atoms with Crippen LogP contribution in [0, 0.1) is 0 Å². The van der Waals surface area contributed by atoms with Gasteiger partial charge in [0.15, 0.2) is 0 Å². The fourth-order valence-electron chi connectivity index (χ4n) is 4.39. The van der Waals surface area contributed by atoms with Crippen LogP contribution in [0.3, 0.4) is 0 Å². The summed E-state index contributed by atoms with van der Waals surface area (Å²) in [6, 6.07) is 18.6. The molecule has 1 saturated heterocycles. The Kier molecular flexibility index (Phi) is 12.5. The molecular formula is C29H40N4O6. The molecule has 1 fully saturated rings. The second kappa shape index (κ2) is 16.4. The summed E-state index contributed by atoms with van der Waals surface area (Å²) in [6.07, 6.45) is -0.282. The summed E-state index contributed by atoms with van der Waals surface area (Å²) in [6.45, 7) is 5.76. The number of nitrogens with zero attached hydrogens (tertiary/aromatic N) is 3. The third kappa shape index (κ3) is 9.88. The van der Waals surface area contributed by atoms with Crippen LogP contribution >= 0.6 is 0 Å². The predicted octanol–water partition coefficient (Wildman–Crippen LogP) is 3.12. The largest absolute Gasteiger partial charge is 0.468 e. The van der Waals surface area contributed by atoms with Crippen LogP contribution in [0.5, 0.6) is 0 Å². The first-order chi connectivity index (χ1) is 19.0. The van der Waals surface area contributed by atoms with E-state index in [4.69, 9.17) is 14.2 Å². The van der Waals surface area contributed by atoms with Crippen LogP contribution in [0.15, 0.2) is 60.7 Å². The molecule has 1 aliphatic rings. The summed E-state index contributed by atoms with van der Waals surface area (Å²) >= 11 is 0. The molecule has 10 heteroatoms. The minimum atomic E-state index is -0.500. The third-order valence-corrected chi connectivity index (χ3v) is 6.66. The van der Waals surface area contributed by atoms with Gasteiger partial charge in [-0.3, -0.25) is 9.69 Å². The zero-order valence-electron chi connectivity index (χ0n) is 22.9. The number of esters is 1. The Balaban J connectivity index is 1.66. The molecule has 1 heterocycles. The molecule has 2 aromatic carbocycles. The highest BCUT2D eigenvalue weighted by atomic mass is 16.6. The SMILES string of the molecule is CCC(C(=O)OC)N1CCN(C(=O)OCc2ccccc2)CCNCCN(C(=O)OCc2ccccc2)CC1. The summed E-state index contributed by atoms with van der Waals surface area (Å²) in [5.74, 6) is -0.345. The Morgan fingerprint density at radius 1 is 0.744 bits per heavy atom. The smallest absolute Gasteiger partial charge is 0.410 e. The minimum Gasteiger partial charge on any atom is -0.468 e. The highest BCUT2D eigenvalue weighted by Gasteiger charge is 2.28. The van der Waals surface area contributed by atoms with Crippen LogP contribution in [-0.2, 0) is 32.2 Å². The quantitative estimate of drug-likeness (QED) is 0.422. The molecule has 0 spiro atoms. The van der Waals surface area contributed by atoms with Gasteiger partial charge < -0.3 is 29.3 Å². The van der Waals surface area contributed by atoms with Gasteiger partial charge in [0.05, 0.1) is 7.11 Å². The molecule has 39 heavy (non-hydrogen) atoms. The van der Waals surface area contributed by atoms with Gasteiger partial charge in [0, 0.05) is 52.4 Å². The monoisotopic (exact) mass is 540 g/mol. The second-order valence-corrected chi connectivity index (χ2v) is 9.29. The Labute approximate surface area is 230 Å². The van der Waals surface area contributed by atoms with Gasteiger partial charge >= 0.3 is 18.2 Å². The maximum absolute atomic E-state index is 13.0. The molecule has 0 saturated carbocycles. The number of benzene rings is 2. The van der Waals surface area contributed by atoms with Crippen LogP contribution in [-0.4, -0.2) is 98.4 Å². The number of hydrogen-bond donors (Lipinski definition) is 1. The molecule has 1 N–H and O–H groups in total. The number of hydrogen-bond acceptors (Lipinski definition) is 8. The van der Waals surface area contributed by atoms with Crippen molar-refractivity contribution in [1.82, 2.24) is 20.0 Å². The van der Waals surface area contributed by atoms with E-state index in [0.29, 0.717) is 58.8 Å². The van der Waals surface area contributed by atoms with E-state index in [1.807, 2.05) is 72.5 Å². The standard InChI is InChI=1S/C29H40N4O6/c1-3-26(27(34)37-2)31-18-20-32(28(35)38-22-24-10-6-4-7-11-24)16-14-30-15-17-33(21-19-31)29(36)39-23-25-12-8-5-9-13-25/h4-13,26,30H,3,14-23H2,1-2H3. The Morgan fingerprint density at radius 2 is 1.21 bits per heavy atom. The topological polar surface area (TPSA) is 101 Å². The van der Waals surface area contributed by atoms with Crippen molar-refractivity contribution in [3.8, 4) is 0 Å². The molecule has 1 atom stereocenters. The van der Waals surface area contributed by atoms with E-state index < -0.39 is 18.2 Å². The molecule has 212 valence electrons. The van der Waals surface area contributed by atoms with Crippen LogP contribution in [0.25, 0.3) is 0 Å². The van der Waals surface area contributed by atoms with Crippen molar-refractivity contribution in [3.63, 3.8) is 0 Å². The highest BCUT2D eigenvalue weighted by molar-refractivity contribution is 5.75. The second-order valence-electron chi connectivity index (χ2n) is 9.29. The van der Waals surface area contributed by atoms with Gasteiger partial charge in [0.2, 0.25) is 0 Å². The van der Waals surface area contributed by atoms with E-state index in [2.05, 4.69) is 5.32 Å². The van der Waals surface area contributed by atoms with Crippen molar-refractivity contribution < 1.29 is 28.6 Å². The zero-order chi connectivity index (χ0) is 27.9. The van der Waals surface area contributed by atoms with Crippen LogP contribution in [0.1, 0.15) is 24.5 Å². The van der Waals surface area contributed by atoms with Crippen LogP contribution in [0.4, 0.5) is 9.59 Å². The molecule has 2 aromatic rings. The predicted molar refractivity (Wildman–Crippen MR) is 147 cm³/mol. The van der Waals surface area contributed by atoms with Crippen LogP contribution < -0.4 is 5.32 Å². The number of rotatable bonds is 7. The summed E-state index contributed by atoms with van der Waals surface area (Å²) in [5.41, 5.74) is 1.83. The average molecular weight is 541 g/mol. The number of carbonyl (C=O) groups excluding carboxylic acids is 3. The van der Waals surface area contributed by atoms with Crippen molar-refractivity contribution in [3.05, 3.63) is 71.8 Å². The number of methoxy groups -OCH3 is 1. The van der Waals surface area contributed by atoms with Crippen molar-refractivity contribution >= 4 is 18.2 Å². The van der Waals surface area contributed by atoms with Gasteiger partial charge in [-0.05, 0) is 17.5 Å². The molecule has 1 unspecified atom stereocenters. The maximum Gasteiger partial charge on any atom is 0.410 e. The van der Waals surface area contributed by atoms with Gasteiger partial charge in [0.1, 0.15) is 19.3 Å². The van der Waals surface area contributed by atoms with Crippen molar-refractivity contribution in [2.45, 2.75) is 32.6 Å². The summed E-state index contributed by atoms with van der Waals surface area (Å²) in [5, 5.41) is 3.31. The van der Waals surface area contributed by atoms with E-state index in [1.165, 1.54) is 7.11 Å². The fourth-order valence-corrected chi connectivity index (χ4v) is 4.39. The van der Waals surface area contributed by atoms with Gasteiger partial charge in [-0.15, -0.1) is 0 Å². The minimum absolute atomic E-state index is 0.188. The molecule has 0 aliphatic carbocycles. The fraction of sp³-hybridized carbons (Fsp3) is 0.483. The van der Waals surface area contributed by atoms with Gasteiger partial charge in [0.25, 0.3) is 0 Å². The molecule has 0 bridgehead atoms. The highest BCUT2D eigenvalue weighted by Crippen LogP contribution is 2.11. The first-order valence-corrected chi connectivity index (χ1v) is 13.5. The molecule has 2 amide bonds. The lowest BCUT2D eigenvalue weighted by Crippen LogP contribution is -2.51. The number of nitrogens with one attached hydrogen (secondary N) is 1. The first-order valence-electron chi connectivity index (χ1n) is 13.5. The molecule has 1 aliphatic heterocycles. The lowest BCUT2D eigenvalue weighted by Gasteiger charge is -2.34. The van der Waals surface area contributed by atoms with E-state index in [-0.39, 0.29) is 19.2 Å². The summed E-state index contributed by atoms with van der Waals surface area (Å²) in [4.78, 5) is 43.8. The first kappa shape index (κ1) is 29.9. The van der Waals surface area contributed by atoms with Crippen molar-refractivity contribution in [2.75, 3.05) is 59.5 Å². The summed E-state index contributed by atoms with van der Waals surface area (Å²) < 4.78 is 16.2. The Morgan fingerprint density at radius 3 is 1.62 bits per heavy atom. The van der Waals surface area contributed by atoms with E-state index in [9.17, 15) is 14.4 Å². The molecule has 3 rings (SSSR count). The van der Waals surface area contributed by atoms with Crippen molar-refractivity contribution in [2.24, 2.45) is 0 Å². The lowest BCUT2D eigenvalue weighted by atomic mass is 10.2. The molecular weight excluding hydrogens is 500 g/mol. The Hall–Kier alpha value is -3.63. The maximum atomic E-state index is 13.0. The van der Waals surface area contributed by atoms with E-state index >= 15 is 0 Å². The van der Waals surface area contributed by atoms with E-state index in [1.54, 1.807) is 9.80 Å². The van der Waals surface area contributed by atoms with Gasteiger partial charge in [-0.2, -0.15) is 0 Å². The molecule has 0 radical (unpaired) electrons. The molecule has 0 aromatic heterocycles. The lowest BCUT2D eigenvalue weighted by molar-refractivity contribution is -0.147. The van der Waals surface area contributed by atoms with Gasteiger partial charge in [-0.25, -0.2) is 9.59 Å². The number of carbonyl (C=O) groups is 3. The third-order valence-electron chi connectivity index (χ3n) is 6.66. The van der Waals surface area contributed by atoms with Gasteiger partial charge in [-0.1, -0.05) is 67.6 Å². The van der Waals surface area contributed by atoms with Crippen molar-refractivity contribution in [1.29, 1.82) is 0 Å². The zero-order valence-corrected chi connectivity index (χ0v) is 22.9. The number of ether oxygens (including phenoxy) is 3. The number of amides is 2.